The Kier molecular flexibility index (Phi) is 8.28. The molecule has 0 saturated carbocycles. The van der Waals surface area contributed by atoms with Crippen molar-refractivity contribution >= 4 is 29.0 Å². The predicted molar refractivity (Wildman–Crippen MR) is 138 cm³/mol. The smallest absolute Gasteiger partial charge is 0.293 e. The number of hydrogen-bond donors (Lipinski definition) is 0. The first-order valence-electron chi connectivity index (χ1n) is 11.5. The molecule has 1 heterocycles. The SMILES string of the molecule is CCOc1cc(/C=C2\SC(=O)N(CCOc3cccc(C)c3)C2=O)ccc1OCc1ccccc1F. The van der Waals surface area contributed by atoms with Crippen LogP contribution in [0.2, 0.25) is 0 Å². The Morgan fingerprint density at radius 2 is 1.78 bits per heavy atom. The van der Waals surface area contributed by atoms with Crippen molar-refractivity contribution in [2.45, 2.75) is 20.5 Å². The number of aryl methyl sites for hydroxylation is 1. The maximum Gasteiger partial charge on any atom is 0.293 e. The second kappa shape index (κ2) is 11.8. The fourth-order valence-electron chi connectivity index (χ4n) is 3.58. The molecule has 4 rings (SSSR count). The third-order valence-electron chi connectivity index (χ3n) is 5.35. The summed E-state index contributed by atoms with van der Waals surface area (Å²) in [6.45, 7) is 4.62. The Morgan fingerprint density at radius 1 is 0.944 bits per heavy atom. The average Bonchev–Trinajstić information content (AvgIpc) is 3.12. The van der Waals surface area contributed by atoms with Crippen LogP contribution in [0.25, 0.3) is 6.08 Å². The molecule has 36 heavy (non-hydrogen) atoms. The van der Waals surface area contributed by atoms with Crippen LogP contribution >= 0.6 is 11.8 Å². The van der Waals surface area contributed by atoms with Crippen LogP contribution in [0.4, 0.5) is 9.18 Å². The van der Waals surface area contributed by atoms with E-state index >= 15 is 0 Å². The monoisotopic (exact) mass is 507 g/mol. The molecule has 0 atom stereocenters. The first kappa shape index (κ1) is 25.3. The Balaban J connectivity index is 1.42. The van der Waals surface area contributed by atoms with Crippen molar-refractivity contribution in [2.24, 2.45) is 0 Å². The maximum absolute atomic E-state index is 13.9. The Morgan fingerprint density at radius 3 is 2.56 bits per heavy atom. The molecule has 1 aliphatic heterocycles. The number of thioether (sulfide) groups is 1. The lowest BCUT2D eigenvalue weighted by atomic mass is 10.1. The minimum atomic E-state index is -0.365. The number of imide groups is 1. The second-order valence-electron chi connectivity index (χ2n) is 8.02. The molecule has 0 radical (unpaired) electrons. The van der Waals surface area contributed by atoms with Crippen molar-refractivity contribution in [3.8, 4) is 17.2 Å². The fraction of sp³-hybridized carbons (Fsp3) is 0.214. The molecule has 3 aromatic rings. The van der Waals surface area contributed by atoms with E-state index in [1.807, 2.05) is 38.1 Å². The van der Waals surface area contributed by atoms with E-state index in [4.69, 9.17) is 14.2 Å². The maximum atomic E-state index is 13.9. The van der Waals surface area contributed by atoms with Crippen LogP contribution in [-0.2, 0) is 11.4 Å². The van der Waals surface area contributed by atoms with E-state index in [0.717, 1.165) is 17.3 Å². The van der Waals surface area contributed by atoms with Gasteiger partial charge in [-0.1, -0.05) is 36.4 Å². The predicted octanol–water partition coefficient (Wildman–Crippen LogP) is 6.23. The molecule has 1 fully saturated rings. The van der Waals surface area contributed by atoms with Crippen molar-refractivity contribution in [3.05, 3.63) is 94.1 Å². The zero-order chi connectivity index (χ0) is 25.5. The molecule has 0 spiro atoms. The van der Waals surface area contributed by atoms with Gasteiger partial charge in [-0.2, -0.15) is 0 Å². The van der Waals surface area contributed by atoms with Crippen LogP contribution in [-0.4, -0.2) is 35.8 Å². The van der Waals surface area contributed by atoms with Gasteiger partial charge in [-0.3, -0.25) is 14.5 Å². The minimum Gasteiger partial charge on any atom is -0.492 e. The van der Waals surface area contributed by atoms with E-state index in [1.165, 1.54) is 11.0 Å². The van der Waals surface area contributed by atoms with Crippen molar-refractivity contribution < 1.29 is 28.2 Å². The molecule has 0 bridgehead atoms. The van der Waals surface area contributed by atoms with E-state index in [1.54, 1.807) is 42.5 Å². The van der Waals surface area contributed by atoms with Gasteiger partial charge in [0.05, 0.1) is 18.1 Å². The number of amides is 2. The highest BCUT2D eigenvalue weighted by atomic mass is 32.2. The molecule has 3 aromatic carbocycles. The first-order chi connectivity index (χ1) is 17.4. The molecule has 2 amide bonds. The summed E-state index contributed by atoms with van der Waals surface area (Å²) in [6, 6.07) is 19.2. The largest absolute Gasteiger partial charge is 0.492 e. The number of carbonyl (C=O) groups excluding carboxylic acids is 2. The van der Waals surface area contributed by atoms with Gasteiger partial charge in [0.25, 0.3) is 11.1 Å². The number of nitrogens with zero attached hydrogens (tertiary/aromatic N) is 1. The topological polar surface area (TPSA) is 65.1 Å². The van der Waals surface area contributed by atoms with E-state index < -0.39 is 0 Å². The normalized spacial score (nSPS) is 14.4. The molecular weight excluding hydrogens is 481 g/mol. The van der Waals surface area contributed by atoms with Crippen LogP contribution in [0.15, 0.2) is 71.6 Å². The van der Waals surface area contributed by atoms with Gasteiger partial charge in [0.2, 0.25) is 0 Å². The molecule has 0 aromatic heterocycles. The number of hydrogen-bond acceptors (Lipinski definition) is 6. The average molecular weight is 508 g/mol. The van der Waals surface area contributed by atoms with Gasteiger partial charge in [-0.25, -0.2) is 4.39 Å². The van der Waals surface area contributed by atoms with Crippen molar-refractivity contribution in [1.82, 2.24) is 4.90 Å². The van der Waals surface area contributed by atoms with Gasteiger partial charge >= 0.3 is 0 Å². The molecule has 1 saturated heterocycles. The quantitative estimate of drug-likeness (QED) is 0.303. The lowest BCUT2D eigenvalue weighted by Crippen LogP contribution is -2.32. The fourth-order valence-corrected chi connectivity index (χ4v) is 4.44. The first-order valence-corrected chi connectivity index (χ1v) is 12.3. The summed E-state index contributed by atoms with van der Waals surface area (Å²) in [5, 5.41) is -0.339. The van der Waals surface area contributed by atoms with E-state index in [9.17, 15) is 14.0 Å². The number of halogens is 1. The summed E-state index contributed by atoms with van der Waals surface area (Å²) in [4.78, 5) is 26.8. The lowest BCUT2D eigenvalue weighted by Gasteiger charge is -2.14. The summed E-state index contributed by atoms with van der Waals surface area (Å²) in [6.07, 6.45) is 1.65. The van der Waals surface area contributed by atoms with Crippen molar-refractivity contribution in [1.29, 1.82) is 0 Å². The van der Waals surface area contributed by atoms with Crippen molar-refractivity contribution in [2.75, 3.05) is 19.8 Å². The summed E-state index contributed by atoms with van der Waals surface area (Å²) < 4.78 is 31.1. The Bertz CT molecular complexity index is 1290. The summed E-state index contributed by atoms with van der Waals surface area (Å²) >= 11 is 0.887. The molecule has 0 N–H and O–H groups in total. The number of benzene rings is 3. The van der Waals surface area contributed by atoms with Crippen LogP contribution in [0.5, 0.6) is 17.2 Å². The van der Waals surface area contributed by atoms with Gasteiger partial charge in [-0.05, 0) is 73.1 Å². The molecule has 0 unspecified atom stereocenters. The molecular formula is C28H26FNO5S. The molecule has 6 nitrogen and oxygen atoms in total. The van der Waals surface area contributed by atoms with Crippen LogP contribution in [0, 0.1) is 12.7 Å². The van der Waals surface area contributed by atoms with Gasteiger partial charge in [-0.15, -0.1) is 0 Å². The standard InChI is InChI=1S/C28H26FNO5S/c1-3-33-25-16-20(11-12-24(25)35-18-21-8-4-5-10-23(21)29)17-26-27(31)30(28(32)36-26)13-14-34-22-9-6-7-19(2)15-22/h4-12,15-17H,3,13-14,18H2,1-2H3/b26-17-. The van der Waals surface area contributed by atoms with Crippen LogP contribution < -0.4 is 14.2 Å². The van der Waals surface area contributed by atoms with E-state index in [0.29, 0.717) is 39.9 Å². The van der Waals surface area contributed by atoms with Crippen LogP contribution in [0.3, 0.4) is 0 Å². The van der Waals surface area contributed by atoms with Crippen LogP contribution in [0.1, 0.15) is 23.6 Å². The Labute approximate surface area is 213 Å². The van der Waals surface area contributed by atoms with E-state index in [-0.39, 0.29) is 36.7 Å². The highest BCUT2D eigenvalue weighted by Gasteiger charge is 2.34. The zero-order valence-electron chi connectivity index (χ0n) is 20.0. The zero-order valence-corrected chi connectivity index (χ0v) is 20.8. The summed E-state index contributed by atoms with van der Waals surface area (Å²) in [5.74, 6) is 0.910. The van der Waals surface area contributed by atoms with E-state index in [2.05, 4.69) is 0 Å². The van der Waals surface area contributed by atoms with Gasteiger partial charge in [0.1, 0.15) is 24.8 Å². The molecule has 0 aliphatic carbocycles. The summed E-state index contributed by atoms with van der Waals surface area (Å²) in [5.41, 5.74) is 2.18. The number of ether oxygens (including phenoxy) is 3. The van der Waals surface area contributed by atoms with Gasteiger partial charge < -0.3 is 14.2 Å². The Hall–Kier alpha value is -3.78. The number of carbonyl (C=O) groups is 2. The van der Waals surface area contributed by atoms with Gasteiger partial charge in [0, 0.05) is 5.56 Å². The van der Waals surface area contributed by atoms with Crippen molar-refractivity contribution in [3.63, 3.8) is 0 Å². The highest BCUT2D eigenvalue weighted by molar-refractivity contribution is 8.18. The second-order valence-corrected chi connectivity index (χ2v) is 9.01. The van der Waals surface area contributed by atoms with Gasteiger partial charge in [0.15, 0.2) is 11.5 Å². The molecule has 186 valence electrons. The number of rotatable bonds is 10. The minimum absolute atomic E-state index is 0.0512. The summed E-state index contributed by atoms with van der Waals surface area (Å²) in [7, 11) is 0. The third kappa shape index (κ3) is 6.26. The molecule has 8 heteroatoms. The third-order valence-corrected chi connectivity index (χ3v) is 6.26. The molecule has 1 aliphatic rings. The lowest BCUT2D eigenvalue weighted by molar-refractivity contribution is -0.123. The highest BCUT2D eigenvalue weighted by Crippen LogP contribution is 2.35.